The first-order valence-electron chi connectivity index (χ1n) is 4.46. The van der Waals surface area contributed by atoms with E-state index in [0.29, 0.717) is 17.5 Å². The predicted octanol–water partition coefficient (Wildman–Crippen LogP) is 2.04. The van der Waals surface area contributed by atoms with Crippen LogP contribution < -0.4 is 0 Å². The van der Waals surface area contributed by atoms with E-state index in [-0.39, 0.29) is 5.56 Å². The van der Waals surface area contributed by atoms with Gasteiger partial charge in [-0.1, -0.05) is 6.07 Å². The Labute approximate surface area is 86.2 Å². The van der Waals surface area contributed by atoms with Crippen molar-refractivity contribution in [2.24, 2.45) is 7.05 Å². The van der Waals surface area contributed by atoms with Gasteiger partial charge >= 0.3 is 0 Å². The van der Waals surface area contributed by atoms with Crippen molar-refractivity contribution in [3.63, 3.8) is 0 Å². The molecule has 1 heterocycles. The van der Waals surface area contributed by atoms with Crippen molar-refractivity contribution in [3.8, 4) is 11.3 Å². The first-order chi connectivity index (χ1) is 7.22. The van der Waals surface area contributed by atoms with Crippen molar-refractivity contribution >= 4 is 6.29 Å². The number of halogens is 1. The van der Waals surface area contributed by atoms with Gasteiger partial charge in [0.25, 0.3) is 0 Å². The average Bonchev–Trinajstić information content (AvgIpc) is 2.65. The largest absolute Gasteiger partial charge is 0.298 e. The Balaban J connectivity index is 2.58. The van der Waals surface area contributed by atoms with E-state index in [9.17, 15) is 9.18 Å². The molecule has 0 atom stereocenters. The van der Waals surface area contributed by atoms with E-state index in [1.807, 2.05) is 0 Å². The molecule has 0 aliphatic heterocycles. The van der Waals surface area contributed by atoms with Crippen molar-refractivity contribution in [2.75, 3.05) is 0 Å². The zero-order valence-corrected chi connectivity index (χ0v) is 8.14. The number of benzene rings is 1. The summed E-state index contributed by atoms with van der Waals surface area (Å²) in [7, 11) is 1.75. The van der Waals surface area contributed by atoms with Gasteiger partial charge in [-0.05, 0) is 18.2 Å². The van der Waals surface area contributed by atoms with Crippen molar-refractivity contribution < 1.29 is 9.18 Å². The van der Waals surface area contributed by atoms with Crippen molar-refractivity contribution in [3.05, 3.63) is 41.8 Å². The summed E-state index contributed by atoms with van der Waals surface area (Å²) in [5, 5.41) is 4.08. The number of carbonyl (C=O) groups is 1. The third-order valence-electron chi connectivity index (χ3n) is 2.15. The molecule has 1 aromatic carbocycles. The maximum Gasteiger partial charge on any atom is 0.153 e. The lowest BCUT2D eigenvalue weighted by atomic mass is 10.1. The van der Waals surface area contributed by atoms with Gasteiger partial charge in [0.15, 0.2) is 6.29 Å². The van der Waals surface area contributed by atoms with Crippen LogP contribution in [0.25, 0.3) is 11.3 Å². The van der Waals surface area contributed by atoms with Crippen LogP contribution in [-0.2, 0) is 7.05 Å². The summed E-state index contributed by atoms with van der Waals surface area (Å²) in [6, 6.07) is 6.38. The van der Waals surface area contributed by atoms with Crippen LogP contribution in [0.4, 0.5) is 4.39 Å². The van der Waals surface area contributed by atoms with Crippen molar-refractivity contribution in [1.29, 1.82) is 0 Å². The first kappa shape index (κ1) is 9.58. The maximum absolute atomic E-state index is 13.7. The number of hydrogen-bond acceptors (Lipinski definition) is 2. The fourth-order valence-corrected chi connectivity index (χ4v) is 1.40. The molecule has 1 aromatic heterocycles. The summed E-state index contributed by atoms with van der Waals surface area (Å²) in [5.74, 6) is -0.522. The number of aldehydes is 1. The molecule has 2 rings (SSSR count). The lowest BCUT2D eigenvalue weighted by Gasteiger charge is -2.00. The lowest BCUT2D eigenvalue weighted by molar-refractivity contribution is 0.112. The smallest absolute Gasteiger partial charge is 0.153 e. The number of aryl methyl sites for hydroxylation is 1. The minimum absolute atomic E-state index is 0.0538. The van der Waals surface area contributed by atoms with Gasteiger partial charge in [0.2, 0.25) is 0 Å². The molecule has 0 saturated carbocycles. The first-order valence-corrected chi connectivity index (χ1v) is 4.46. The minimum Gasteiger partial charge on any atom is -0.298 e. The summed E-state index contributed by atoms with van der Waals surface area (Å²) in [4.78, 5) is 10.6. The SMILES string of the molecule is Cn1ccc(-c2cccc(C=O)c2F)n1. The monoisotopic (exact) mass is 204 g/mol. The van der Waals surface area contributed by atoms with Gasteiger partial charge in [-0.3, -0.25) is 9.48 Å². The van der Waals surface area contributed by atoms with Gasteiger partial charge in [-0.25, -0.2) is 4.39 Å². The van der Waals surface area contributed by atoms with Crippen molar-refractivity contribution in [1.82, 2.24) is 9.78 Å². The highest BCUT2D eigenvalue weighted by Gasteiger charge is 2.10. The summed E-state index contributed by atoms with van der Waals surface area (Å²) >= 11 is 0. The van der Waals surface area contributed by atoms with Crippen LogP contribution in [0.5, 0.6) is 0 Å². The third kappa shape index (κ3) is 1.66. The molecular formula is C11H9FN2O. The van der Waals surface area contributed by atoms with Gasteiger partial charge in [0, 0.05) is 18.8 Å². The second kappa shape index (κ2) is 3.65. The molecule has 0 aliphatic rings. The molecule has 0 saturated heterocycles. The number of nitrogens with zero attached hydrogens (tertiary/aromatic N) is 2. The molecule has 76 valence electrons. The number of carbonyl (C=O) groups excluding carboxylic acids is 1. The molecule has 0 unspecified atom stereocenters. The fourth-order valence-electron chi connectivity index (χ4n) is 1.40. The third-order valence-corrected chi connectivity index (χ3v) is 2.15. The molecule has 0 aliphatic carbocycles. The second-order valence-corrected chi connectivity index (χ2v) is 3.20. The molecule has 0 spiro atoms. The Morgan fingerprint density at radius 3 is 2.80 bits per heavy atom. The predicted molar refractivity (Wildman–Crippen MR) is 54.0 cm³/mol. The van der Waals surface area contributed by atoms with E-state index in [4.69, 9.17) is 0 Å². The topological polar surface area (TPSA) is 34.9 Å². The average molecular weight is 204 g/mol. The fraction of sp³-hybridized carbons (Fsp3) is 0.0909. The normalized spacial score (nSPS) is 10.3. The molecule has 0 bridgehead atoms. The molecule has 0 fully saturated rings. The highest BCUT2D eigenvalue weighted by molar-refractivity contribution is 5.78. The Hall–Kier alpha value is -1.97. The van der Waals surface area contributed by atoms with Crippen LogP contribution in [0.2, 0.25) is 0 Å². The van der Waals surface area contributed by atoms with E-state index < -0.39 is 5.82 Å². The maximum atomic E-state index is 13.7. The Morgan fingerprint density at radius 2 is 2.20 bits per heavy atom. The quantitative estimate of drug-likeness (QED) is 0.701. The molecule has 2 aromatic rings. The summed E-state index contributed by atoms with van der Waals surface area (Å²) in [5.41, 5.74) is 0.928. The molecule has 0 radical (unpaired) electrons. The van der Waals surface area contributed by atoms with Crippen LogP contribution in [-0.4, -0.2) is 16.1 Å². The summed E-state index contributed by atoms with van der Waals surface area (Å²) in [6.45, 7) is 0. The molecule has 0 N–H and O–H groups in total. The van der Waals surface area contributed by atoms with Crippen LogP contribution in [0, 0.1) is 5.82 Å². The van der Waals surface area contributed by atoms with Crippen molar-refractivity contribution in [2.45, 2.75) is 0 Å². The van der Waals surface area contributed by atoms with Gasteiger partial charge < -0.3 is 0 Å². The van der Waals surface area contributed by atoms with E-state index >= 15 is 0 Å². The van der Waals surface area contributed by atoms with Gasteiger partial charge in [-0.15, -0.1) is 0 Å². The molecular weight excluding hydrogens is 195 g/mol. The van der Waals surface area contributed by atoms with E-state index in [1.165, 1.54) is 6.07 Å². The van der Waals surface area contributed by atoms with Gasteiger partial charge in [-0.2, -0.15) is 5.10 Å². The van der Waals surface area contributed by atoms with E-state index in [1.54, 1.807) is 36.1 Å². The minimum atomic E-state index is -0.522. The van der Waals surface area contributed by atoms with Crippen LogP contribution in [0.1, 0.15) is 10.4 Å². The second-order valence-electron chi connectivity index (χ2n) is 3.20. The highest BCUT2D eigenvalue weighted by Crippen LogP contribution is 2.22. The van der Waals surface area contributed by atoms with E-state index in [0.717, 1.165) is 0 Å². The number of rotatable bonds is 2. The van der Waals surface area contributed by atoms with Crippen LogP contribution in [0.15, 0.2) is 30.5 Å². The molecule has 3 nitrogen and oxygen atoms in total. The standard InChI is InChI=1S/C11H9FN2O/c1-14-6-5-10(13-14)9-4-2-3-8(7-15)11(9)12/h2-7H,1H3. The number of hydrogen-bond donors (Lipinski definition) is 0. The number of aromatic nitrogens is 2. The Bertz CT molecular complexity index is 505. The molecule has 0 amide bonds. The van der Waals surface area contributed by atoms with E-state index in [2.05, 4.69) is 5.10 Å². The zero-order valence-electron chi connectivity index (χ0n) is 8.14. The van der Waals surface area contributed by atoms with Gasteiger partial charge in [0.05, 0.1) is 11.3 Å². The van der Waals surface area contributed by atoms with Gasteiger partial charge in [0.1, 0.15) is 5.82 Å². The Morgan fingerprint density at radius 1 is 1.40 bits per heavy atom. The summed E-state index contributed by atoms with van der Waals surface area (Å²) in [6.07, 6.45) is 2.23. The molecule has 4 heteroatoms. The summed E-state index contributed by atoms with van der Waals surface area (Å²) < 4.78 is 15.3. The zero-order chi connectivity index (χ0) is 10.8. The molecule has 15 heavy (non-hydrogen) atoms. The Kier molecular flexibility index (Phi) is 2.33. The highest BCUT2D eigenvalue weighted by atomic mass is 19.1. The van der Waals surface area contributed by atoms with Crippen LogP contribution in [0.3, 0.4) is 0 Å². The van der Waals surface area contributed by atoms with Crippen LogP contribution >= 0.6 is 0 Å². The lowest BCUT2D eigenvalue weighted by Crippen LogP contribution is -1.93.